The molecule has 11 nitrogen and oxygen atoms in total. The van der Waals surface area contributed by atoms with Crippen LogP contribution >= 0.6 is 0 Å². The van der Waals surface area contributed by atoms with E-state index in [1.807, 2.05) is 24.3 Å². The lowest BCUT2D eigenvalue weighted by atomic mass is 9.78. The van der Waals surface area contributed by atoms with Crippen LogP contribution in [0.1, 0.15) is 36.2 Å². The molecule has 190 valence electrons. The first-order valence-corrected chi connectivity index (χ1v) is 12.0. The van der Waals surface area contributed by atoms with Gasteiger partial charge in [0.25, 0.3) is 5.91 Å². The monoisotopic (exact) mass is 500 g/mol. The van der Waals surface area contributed by atoms with E-state index in [-0.39, 0.29) is 29.5 Å². The number of carbonyl (C=O) groups excluding carboxylic acids is 3. The van der Waals surface area contributed by atoms with Crippen molar-refractivity contribution >= 4 is 40.4 Å². The summed E-state index contributed by atoms with van der Waals surface area (Å²) in [4.78, 5) is 41.7. The predicted molar refractivity (Wildman–Crippen MR) is 138 cm³/mol. The van der Waals surface area contributed by atoms with Gasteiger partial charge in [-0.2, -0.15) is 10.4 Å². The number of carbonyl (C=O) groups is 3. The molecule has 0 aliphatic carbocycles. The Bertz CT molecular complexity index is 1450. The Hall–Kier alpha value is -4.59. The number of benzene rings is 1. The standard InChI is InChI=1S/C26H28N8O3/c1-26(2)15-32(17-6-4-16(11-27)5-7-17)9-8-21(26)30-23-19(24(28)36)12-29-34-13-18(10-20(23)34)33-14-22(35)31(3)25(33)37/h4-7,10,12-13,21,30H,8-9,14-15H2,1-3H3,(H2,28,36). The third kappa shape index (κ3) is 4.20. The molecule has 2 aliphatic rings. The Balaban J connectivity index is 1.45. The molecule has 0 saturated carbocycles. The average Bonchev–Trinajstić information content (AvgIpc) is 3.41. The number of imide groups is 1. The number of primary amides is 1. The minimum atomic E-state index is -0.611. The number of nitrogens with zero attached hydrogens (tertiary/aromatic N) is 6. The highest BCUT2D eigenvalue weighted by atomic mass is 16.2. The molecule has 3 aromatic rings. The number of nitrogens with two attached hydrogens (primary N) is 1. The first-order chi connectivity index (χ1) is 17.6. The number of anilines is 3. The van der Waals surface area contributed by atoms with Crippen LogP contribution in [-0.2, 0) is 4.79 Å². The van der Waals surface area contributed by atoms with Crippen LogP contribution in [0.15, 0.2) is 42.7 Å². The minimum Gasteiger partial charge on any atom is -0.379 e. The molecule has 1 atom stereocenters. The quantitative estimate of drug-likeness (QED) is 0.513. The molecule has 4 amide bonds. The van der Waals surface area contributed by atoms with Gasteiger partial charge in [0.05, 0.1) is 46.5 Å². The van der Waals surface area contributed by atoms with Crippen molar-refractivity contribution in [3.63, 3.8) is 0 Å². The first-order valence-electron chi connectivity index (χ1n) is 12.0. The lowest BCUT2D eigenvalue weighted by Gasteiger charge is -2.46. The molecule has 0 spiro atoms. The number of fused-ring (bicyclic) bond motifs is 1. The van der Waals surface area contributed by atoms with Crippen LogP contribution in [0.2, 0.25) is 0 Å². The van der Waals surface area contributed by atoms with Crippen LogP contribution in [0.5, 0.6) is 0 Å². The fourth-order valence-corrected chi connectivity index (χ4v) is 5.09. The van der Waals surface area contributed by atoms with Gasteiger partial charge in [-0.3, -0.25) is 19.4 Å². The van der Waals surface area contributed by atoms with Crippen molar-refractivity contribution in [1.82, 2.24) is 14.5 Å². The van der Waals surface area contributed by atoms with E-state index < -0.39 is 11.9 Å². The normalized spacial score (nSPS) is 19.4. The second-order valence-corrected chi connectivity index (χ2v) is 10.2. The highest BCUT2D eigenvalue weighted by Crippen LogP contribution is 2.37. The number of hydrogen-bond donors (Lipinski definition) is 2. The zero-order chi connectivity index (χ0) is 26.5. The molecular formula is C26H28N8O3. The summed E-state index contributed by atoms with van der Waals surface area (Å²) in [6.45, 7) is 5.81. The maximum atomic E-state index is 12.5. The van der Waals surface area contributed by atoms with Crippen molar-refractivity contribution in [3.8, 4) is 6.07 Å². The topological polar surface area (TPSA) is 140 Å². The number of rotatable bonds is 5. The molecule has 11 heteroatoms. The van der Waals surface area contributed by atoms with Gasteiger partial charge in [-0.05, 0) is 36.8 Å². The molecule has 1 aromatic carbocycles. The number of amides is 4. The Kier molecular flexibility index (Phi) is 5.75. The van der Waals surface area contributed by atoms with E-state index in [1.165, 1.54) is 18.1 Å². The van der Waals surface area contributed by atoms with Gasteiger partial charge < -0.3 is 16.0 Å². The SMILES string of the molecule is CN1C(=O)CN(c2cc3c(NC4CCN(c5ccc(C#N)cc5)CC4(C)C)c(C(N)=O)cnn3c2)C1=O. The van der Waals surface area contributed by atoms with Gasteiger partial charge in [0.1, 0.15) is 6.54 Å². The van der Waals surface area contributed by atoms with E-state index in [0.29, 0.717) is 22.5 Å². The molecule has 2 fully saturated rings. The van der Waals surface area contributed by atoms with Gasteiger partial charge in [0, 0.05) is 37.3 Å². The zero-order valence-electron chi connectivity index (χ0n) is 20.9. The summed E-state index contributed by atoms with van der Waals surface area (Å²) in [7, 11) is 1.45. The molecule has 1 unspecified atom stereocenters. The molecule has 2 aromatic heterocycles. The predicted octanol–water partition coefficient (Wildman–Crippen LogP) is 2.42. The number of nitriles is 1. The Morgan fingerprint density at radius 1 is 1.22 bits per heavy atom. The summed E-state index contributed by atoms with van der Waals surface area (Å²) in [5, 5.41) is 17.0. The van der Waals surface area contributed by atoms with Crippen molar-refractivity contribution in [2.45, 2.75) is 26.3 Å². The van der Waals surface area contributed by atoms with Crippen molar-refractivity contribution < 1.29 is 14.4 Å². The number of nitrogens with one attached hydrogen (secondary N) is 1. The van der Waals surface area contributed by atoms with Gasteiger partial charge in [-0.15, -0.1) is 0 Å². The molecule has 2 aliphatic heterocycles. The minimum absolute atomic E-state index is 0.00547. The molecule has 5 rings (SSSR count). The number of likely N-dealkylation sites (N-methyl/N-ethyl adjacent to an activating group) is 1. The lowest BCUT2D eigenvalue weighted by Crippen LogP contribution is -2.52. The van der Waals surface area contributed by atoms with Crippen molar-refractivity contribution in [2.75, 3.05) is 41.8 Å². The number of hydrogen-bond acceptors (Lipinski definition) is 7. The molecule has 4 heterocycles. The third-order valence-electron chi connectivity index (χ3n) is 7.29. The maximum absolute atomic E-state index is 12.5. The molecule has 3 N–H and O–H groups in total. The van der Waals surface area contributed by atoms with Crippen molar-refractivity contribution in [1.29, 1.82) is 5.26 Å². The van der Waals surface area contributed by atoms with Crippen LogP contribution in [0, 0.1) is 16.7 Å². The van der Waals surface area contributed by atoms with E-state index in [0.717, 1.165) is 30.1 Å². The van der Waals surface area contributed by atoms with Gasteiger partial charge in [0.2, 0.25) is 5.91 Å². The summed E-state index contributed by atoms with van der Waals surface area (Å²) < 4.78 is 1.58. The summed E-state index contributed by atoms with van der Waals surface area (Å²) in [5.41, 5.74) is 9.09. The number of piperidine rings is 1. The summed E-state index contributed by atoms with van der Waals surface area (Å²) in [5.74, 6) is -0.902. The molecule has 37 heavy (non-hydrogen) atoms. The van der Waals surface area contributed by atoms with Crippen molar-refractivity contribution in [2.24, 2.45) is 11.1 Å². The van der Waals surface area contributed by atoms with Crippen LogP contribution in [-0.4, -0.2) is 65.1 Å². The number of aromatic nitrogens is 2. The van der Waals surface area contributed by atoms with E-state index in [9.17, 15) is 14.4 Å². The smallest absolute Gasteiger partial charge is 0.331 e. The highest BCUT2D eigenvalue weighted by Gasteiger charge is 2.38. The highest BCUT2D eigenvalue weighted by molar-refractivity contribution is 6.12. The first kappa shape index (κ1) is 24.1. The van der Waals surface area contributed by atoms with Crippen LogP contribution in [0.4, 0.5) is 21.9 Å². The Morgan fingerprint density at radius 2 is 1.95 bits per heavy atom. The van der Waals surface area contributed by atoms with Crippen LogP contribution in [0.3, 0.4) is 0 Å². The van der Waals surface area contributed by atoms with Gasteiger partial charge in [-0.1, -0.05) is 13.8 Å². The molecular weight excluding hydrogens is 472 g/mol. The van der Waals surface area contributed by atoms with E-state index in [2.05, 4.69) is 35.2 Å². The largest absolute Gasteiger partial charge is 0.379 e. The molecule has 0 bridgehead atoms. The van der Waals surface area contributed by atoms with E-state index in [1.54, 1.807) is 16.8 Å². The lowest BCUT2D eigenvalue weighted by molar-refractivity contribution is -0.123. The fourth-order valence-electron chi connectivity index (χ4n) is 5.09. The number of urea groups is 1. The van der Waals surface area contributed by atoms with E-state index >= 15 is 0 Å². The Morgan fingerprint density at radius 3 is 2.54 bits per heavy atom. The average molecular weight is 501 g/mol. The van der Waals surface area contributed by atoms with Gasteiger partial charge >= 0.3 is 6.03 Å². The van der Waals surface area contributed by atoms with Crippen molar-refractivity contribution in [3.05, 3.63) is 53.9 Å². The second-order valence-electron chi connectivity index (χ2n) is 10.2. The molecule has 0 radical (unpaired) electrons. The van der Waals surface area contributed by atoms with E-state index in [4.69, 9.17) is 11.0 Å². The summed E-state index contributed by atoms with van der Waals surface area (Å²) >= 11 is 0. The Labute approximate surface area is 214 Å². The van der Waals surface area contributed by atoms with Gasteiger partial charge in [0.15, 0.2) is 0 Å². The maximum Gasteiger partial charge on any atom is 0.331 e. The summed E-state index contributed by atoms with van der Waals surface area (Å²) in [6.07, 6.45) is 3.87. The van der Waals surface area contributed by atoms with Crippen LogP contribution in [0.25, 0.3) is 5.52 Å². The van der Waals surface area contributed by atoms with Gasteiger partial charge in [-0.25, -0.2) is 9.31 Å². The fraction of sp³-hybridized carbons (Fsp3) is 0.346. The second kappa shape index (κ2) is 8.81. The zero-order valence-corrected chi connectivity index (χ0v) is 20.9. The third-order valence-corrected chi connectivity index (χ3v) is 7.29. The van der Waals surface area contributed by atoms with Crippen LogP contribution < -0.4 is 20.9 Å². The molecule has 2 saturated heterocycles. The summed E-state index contributed by atoms with van der Waals surface area (Å²) in [6, 6.07) is 11.0.